The molecular formula is C24H20F4N4O5S. The fraction of sp³-hybridized carbons (Fsp3) is 0.292. The van der Waals surface area contributed by atoms with E-state index in [4.69, 9.17) is 9.47 Å². The molecule has 0 saturated heterocycles. The molecule has 2 aromatic carbocycles. The Hall–Kier alpha value is -3.94. The van der Waals surface area contributed by atoms with Gasteiger partial charge in [0, 0.05) is 16.7 Å². The van der Waals surface area contributed by atoms with E-state index >= 15 is 4.39 Å². The zero-order valence-electron chi connectivity index (χ0n) is 20.3. The Labute approximate surface area is 217 Å². The van der Waals surface area contributed by atoms with Crippen LogP contribution in [-0.2, 0) is 17.3 Å². The molecule has 2 heterocycles. The van der Waals surface area contributed by atoms with Crippen molar-refractivity contribution in [1.29, 1.82) is 0 Å². The predicted octanol–water partition coefficient (Wildman–Crippen LogP) is 5.88. The first-order chi connectivity index (χ1) is 18.2. The lowest BCUT2D eigenvalue weighted by molar-refractivity contribution is -0.159. The minimum absolute atomic E-state index is 0.0127. The first-order valence-corrected chi connectivity index (χ1v) is 12.2. The highest BCUT2D eigenvalue weighted by Crippen LogP contribution is 2.39. The number of methoxy groups -OCH3 is 2. The molecule has 1 aromatic heterocycles. The van der Waals surface area contributed by atoms with E-state index in [9.17, 15) is 18.0 Å². The van der Waals surface area contributed by atoms with E-state index in [1.165, 1.54) is 37.4 Å². The van der Waals surface area contributed by atoms with E-state index in [1.807, 2.05) is 0 Å². The highest BCUT2D eigenvalue weighted by Gasteiger charge is 2.38. The fourth-order valence-electron chi connectivity index (χ4n) is 3.62. The maximum absolute atomic E-state index is 15.8. The van der Waals surface area contributed by atoms with Crippen LogP contribution >= 0.6 is 11.8 Å². The summed E-state index contributed by atoms with van der Waals surface area (Å²) >= 11 is 1.04. The van der Waals surface area contributed by atoms with Crippen molar-refractivity contribution in [2.24, 2.45) is 9.98 Å². The van der Waals surface area contributed by atoms with Gasteiger partial charge >= 0.3 is 18.2 Å². The number of ether oxygens (including phenoxy) is 3. The topological polar surface area (TPSA) is 108 Å². The number of rotatable bonds is 5. The molecule has 0 atom stereocenters. The lowest BCUT2D eigenvalue weighted by Gasteiger charge is -2.22. The third kappa shape index (κ3) is 5.64. The SMILES string of the molecule is COC(=O)/N=C(SC)/C(=N/c1ccc(-c2noc(C(F)(F)F)n2)cc1)c1cc(OC)c2c(c1F)CCCO2. The van der Waals surface area contributed by atoms with Crippen molar-refractivity contribution in [1.82, 2.24) is 10.1 Å². The van der Waals surface area contributed by atoms with E-state index in [-0.39, 0.29) is 39.1 Å². The van der Waals surface area contributed by atoms with Crippen molar-refractivity contribution >= 4 is 34.3 Å². The monoisotopic (exact) mass is 552 g/mol. The molecule has 38 heavy (non-hydrogen) atoms. The van der Waals surface area contributed by atoms with Gasteiger partial charge in [-0.05, 0) is 49.4 Å². The molecule has 1 aliphatic rings. The number of thioether (sulfide) groups is 1. The Balaban J connectivity index is 1.82. The summed E-state index contributed by atoms with van der Waals surface area (Å²) in [5.41, 5.74) is 0.850. The van der Waals surface area contributed by atoms with Crippen LogP contribution in [0.4, 0.5) is 28.0 Å². The van der Waals surface area contributed by atoms with E-state index < -0.39 is 24.0 Å². The minimum atomic E-state index is -4.78. The predicted molar refractivity (Wildman–Crippen MR) is 131 cm³/mol. The zero-order valence-corrected chi connectivity index (χ0v) is 21.1. The molecule has 3 aromatic rings. The number of fused-ring (bicyclic) bond motifs is 1. The largest absolute Gasteiger partial charge is 0.493 e. The van der Waals surface area contributed by atoms with Gasteiger partial charge in [0.25, 0.3) is 0 Å². The maximum Gasteiger partial charge on any atom is 0.471 e. The van der Waals surface area contributed by atoms with Gasteiger partial charge in [0.15, 0.2) is 11.5 Å². The summed E-state index contributed by atoms with van der Waals surface area (Å²) in [4.78, 5) is 23.7. The Bertz CT molecular complexity index is 1400. The molecule has 0 N–H and O–H groups in total. The maximum atomic E-state index is 15.8. The summed E-state index contributed by atoms with van der Waals surface area (Å²) in [5, 5.41) is 3.42. The number of nitrogens with zero attached hydrogens (tertiary/aromatic N) is 4. The van der Waals surface area contributed by atoms with Gasteiger partial charge < -0.3 is 18.7 Å². The summed E-state index contributed by atoms with van der Waals surface area (Å²) in [6.07, 6.45) is -3.06. The molecule has 0 unspecified atom stereocenters. The molecule has 0 radical (unpaired) electrons. The highest BCUT2D eigenvalue weighted by molar-refractivity contribution is 8.15. The summed E-state index contributed by atoms with van der Waals surface area (Å²) in [7, 11) is 2.58. The van der Waals surface area contributed by atoms with Crippen molar-refractivity contribution in [2.45, 2.75) is 19.0 Å². The molecule has 0 saturated carbocycles. The third-order valence-electron chi connectivity index (χ3n) is 5.37. The van der Waals surface area contributed by atoms with Gasteiger partial charge in [-0.1, -0.05) is 5.16 Å². The number of benzene rings is 2. The van der Waals surface area contributed by atoms with Gasteiger partial charge in [-0.25, -0.2) is 14.2 Å². The summed E-state index contributed by atoms with van der Waals surface area (Å²) in [6.45, 7) is 0.417. The molecule has 1 amide bonds. The molecule has 4 rings (SSSR count). The lowest BCUT2D eigenvalue weighted by atomic mass is 9.98. The van der Waals surface area contributed by atoms with Gasteiger partial charge in [0.05, 0.1) is 26.5 Å². The van der Waals surface area contributed by atoms with Gasteiger partial charge in [0.2, 0.25) is 5.82 Å². The number of aliphatic imine (C=N–C) groups is 2. The second-order valence-electron chi connectivity index (χ2n) is 7.72. The molecular weight excluding hydrogens is 532 g/mol. The number of halogens is 4. The van der Waals surface area contributed by atoms with E-state index in [0.717, 1.165) is 18.9 Å². The summed E-state index contributed by atoms with van der Waals surface area (Å²) in [6, 6.07) is 7.19. The minimum Gasteiger partial charge on any atom is -0.493 e. The van der Waals surface area contributed by atoms with Crippen molar-refractivity contribution in [3.05, 3.63) is 53.2 Å². The van der Waals surface area contributed by atoms with Crippen LogP contribution in [0, 0.1) is 5.82 Å². The number of aromatic nitrogens is 2. The lowest BCUT2D eigenvalue weighted by Crippen LogP contribution is -2.19. The number of alkyl halides is 3. The van der Waals surface area contributed by atoms with Crippen molar-refractivity contribution in [2.75, 3.05) is 27.1 Å². The van der Waals surface area contributed by atoms with E-state index in [2.05, 4.69) is 29.4 Å². The zero-order chi connectivity index (χ0) is 27.4. The Morgan fingerprint density at radius 2 is 1.92 bits per heavy atom. The number of hydrogen-bond donors (Lipinski definition) is 0. The summed E-state index contributed by atoms with van der Waals surface area (Å²) in [5.74, 6) is -1.75. The van der Waals surface area contributed by atoms with Crippen molar-refractivity contribution < 1.29 is 41.1 Å². The molecule has 0 spiro atoms. The second-order valence-corrected chi connectivity index (χ2v) is 8.51. The molecule has 0 aliphatic carbocycles. The van der Waals surface area contributed by atoms with E-state index in [0.29, 0.717) is 30.8 Å². The van der Waals surface area contributed by atoms with Crippen molar-refractivity contribution in [3.8, 4) is 22.9 Å². The standard InChI is InChI=1S/C24H20F4N4O5S/c1-34-16-11-15(17(25)14-5-4-10-36-19(14)16)18(21(38-3)31-23(33)35-2)29-13-8-6-12(7-9-13)20-30-22(37-32-20)24(26,27)28/h6-9,11H,4-5,10H2,1-3H3/b29-18+,31-21-. The molecule has 200 valence electrons. The van der Waals surface area contributed by atoms with Crippen LogP contribution in [0.3, 0.4) is 0 Å². The smallest absolute Gasteiger partial charge is 0.471 e. The van der Waals surface area contributed by atoms with Crippen LogP contribution in [-0.4, -0.2) is 54.1 Å². The quantitative estimate of drug-likeness (QED) is 0.220. The number of carbonyl (C=O) groups is 1. The molecule has 0 bridgehead atoms. The van der Waals surface area contributed by atoms with Gasteiger partial charge in [-0.2, -0.15) is 23.1 Å². The highest BCUT2D eigenvalue weighted by atomic mass is 32.2. The van der Waals surface area contributed by atoms with Crippen LogP contribution in [0.25, 0.3) is 11.4 Å². The van der Waals surface area contributed by atoms with Crippen LogP contribution in [0.1, 0.15) is 23.4 Å². The normalized spacial score (nSPS) is 14.1. The van der Waals surface area contributed by atoms with Crippen LogP contribution in [0.2, 0.25) is 0 Å². The van der Waals surface area contributed by atoms with Gasteiger partial charge in [0.1, 0.15) is 16.6 Å². The fourth-order valence-corrected chi connectivity index (χ4v) is 4.13. The first-order valence-electron chi connectivity index (χ1n) is 11.0. The number of carbonyl (C=O) groups excluding carboxylic acids is 1. The summed E-state index contributed by atoms with van der Waals surface area (Å²) < 4.78 is 74.2. The van der Waals surface area contributed by atoms with Crippen LogP contribution in [0.15, 0.2) is 44.8 Å². The van der Waals surface area contributed by atoms with Crippen LogP contribution in [0.5, 0.6) is 11.5 Å². The molecule has 1 aliphatic heterocycles. The number of amides is 1. The first kappa shape index (κ1) is 27.1. The molecule has 14 heteroatoms. The van der Waals surface area contributed by atoms with Gasteiger partial charge in [-0.3, -0.25) is 0 Å². The van der Waals surface area contributed by atoms with Crippen LogP contribution < -0.4 is 9.47 Å². The molecule has 9 nitrogen and oxygen atoms in total. The second kappa shape index (κ2) is 11.2. The Morgan fingerprint density at radius 3 is 2.53 bits per heavy atom. The number of hydrogen-bond acceptors (Lipinski definition) is 9. The van der Waals surface area contributed by atoms with Crippen molar-refractivity contribution in [3.63, 3.8) is 0 Å². The average Bonchev–Trinajstić information content (AvgIpc) is 3.43. The van der Waals surface area contributed by atoms with E-state index in [1.54, 1.807) is 6.26 Å². The average molecular weight is 553 g/mol. The molecule has 0 fully saturated rings. The third-order valence-corrected chi connectivity index (χ3v) is 6.04. The Kier molecular flexibility index (Phi) is 7.99. The van der Waals surface area contributed by atoms with Gasteiger partial charge in [-0.15, -0.1) is 11.8 Å². The Morgan fingerprint density at radius 1 is 1.18 bits per heavy atom.